The summed E-state index contributed by atoms with van der Waals surface area (Å²) >= 11 is 0. The summed E-state index contributed by atoms with van der Waals surface area (Å²) in [5, 5.41) is 9.23. The fraction of sp³-hybridized carbons (Fsp3) is 0.462. The Balaban J connectivity index is 2.79. The average molecular weight is 270 g/mol. The topological polar surface area (TPSA) is 71.4 Å². The average Bonchev–Trinajstić information content (AvgIpc) is 2.24. The summed E-state index contributed by atoms with van der Waals surface area (Å²) in [4.78, 5) is 11.3. The van der Waals surface area contributed by atoms with E-state index in [4.69, 9.17) is 0 Å². The van der Waals surface area contributed by atoms with Crippen LogP contribution < -0.4 is 0 Å². The highest BCUT2D eigenvalue weighted by Gasteiger charge is 2.21. The molecule has 4 nitrogen and oxygen atoms in total. The van der Waals surface area contributed by atoms with Gasteiger partial charge in [-0.3, -0.25) is 4.79 Å². The van der Waals surface area contributed by atoms with E-state index in [1.165, 1.54) is 0 Å². The third kappa shape index (κ3) is 4.49. The van der Waals surface area contributed by atoms with Gasteiger partial charge in [-0.05, 0) is 30.9 Å². The van der Waals surface area contributed by atoms with Crippen LogP contribution in [0.25, 0.3) is 0 Å². The van der Waals surface area contributed by atoms with Crippen molar-refractivity contribution in [2.24, 2.45) is 0 Å². The molecule has 1 atom stereocenters. The molecule has 0 aliphatic carbocycles. The van der Waals surface area contributed by atoms with Gasteiger partial charge in [-0.2, -0.15) is 0 Å². The number of carbonyl (C=O) groups is 1. The number of hydrogen-bond donors (Lipinski definition) is 1. The quantitative estimate of drug-likeness (QED) is 0.858. The lowest BCUT2D eigenvalue weighted by Crippen LogP contribution is -2.14. The minimum absolute atomic E-state index is 0.0304. The lowest BCUT2D eigenvalue weighted by Gasteiger charge is -2.14. The van der Waals surface area contributed by atoms with Crippen LogP contribution >= 0.6 is 0 Å². The zero-order chi connectivity index (χ0) is 13.8. The number of aliphatic carboxylic acids is 1. The predicted molar refractivity (Wildman–Crippen MR) is 70.5 cm³/mol. The molecule has 1 aromatic rings. The Morgan fingerprint density at radius 1 is 1.33 bits per heavy atom. The Hall–Kier alpha value is -1.36. The van der Waals surface area contributed by atoms with Gasteiger partial charge in [-0.15, -0.1) is 0 Å². The van der Waals surface area contributed by atoms with Crippen molar-refractivity contribution in [3.63, 3.8) is 0 Å². The fourth-order valence-electron chi connectivity index (χ4n) is 1.94. The molecule has 0 bridgehead atoms. The summed E-state index contributed by atoms with van der Waals surface area (Å²) < 4.78 is 22.1. The monoisotopic (exact) mass is 270 g/mol. The number of hydrogen-bond acceptors (Lipinski definition) is 3. The molecular weight excluding hydrogens is 252 g/mol. The highest BCUT2D eigenvalue weighted by Crippen LogP contribution is 2.24. The molecule has 1 aromatic carbocycles. The normalized spacial score (nSPS) is 13.2. The van der Waals surface area contributed by atoms with Gasteiger partial charge in [-0.1, -0.05) is 24.3 Å². The van der Waals surface area contributed by atoms with Gasteiger partial charge in [0.1, 0.15) is 9.84 Å². The maximum atomic E-state index is 11.3. The molecule has 0 aliphatic rings. The summed E-state index contributed by atoms with van der Waals surface area (Å²) in [5.74, 6) is -1.51. The zero-order valence-electron chi connectivity index (χ0n) is 10.6. The third-order valence-electron chi connectivity index (χ3n) is 2.87. The first-order chi connectivity index (χ1) is 8.31. The van der Waals surface area contributed by atoms with Gasteiger partial charge >= 0.3 is 5.97 Å². The van der Waals surface area contributed by atoms with Gasteiger partial charge in [0.05, 0.1) is 5.92 Å². The zero-order valence-corrected chi connectivity index (χ0v) is 11.4. The number of carboxylic acids is 1. The van der Waals surface area contributed by atoms with E-state index in [9.17, 15) is 18.3 Å². The summed E-state index contributed by atoms with van der Waals surface area (Å²) in [5.41, 5.74) is 1.68. The van der Waals surface area contributed by atoms with Gasteiger partial charge in [-0.25, -0.2) is 8.42 Å². The number of rotatable bonds is 6. The second kappa shape index (κ2) is 6.00. The van der Waals surface area contributed by atoms with Crippen molar-refractivity contribution in [2.45, 2.75) is 25.7 Å². The largest absolute Gasteiger partial charge is 0.481 e. The molecule has 100 valence electrons. The molecule has 0 aromatic heterocycles. The minimum atomic E-state index is -3.03. The second-order valence-corrected chi connectivity index (χ2v) is 6.78. The van der Waals surface area contributed by atoms with Crippen LogP contribution in [0, 0.1) is 6.92 Å². The highest BCUT2D eigenvalue weighted by atomic mass is 32.2. The van der Waals surface area contributed by atoms with Crippen LogP contribution in [0.15, 0.2) is 24.3 Å². The van der Waals surface area contributed by atoms with Crippen molar-refractivity contribution >= 4 is 15.8 Å². The summed E-state index contributed by atoms with van der Waals surface area (Å²) in [6.07, 6.45) is 1.87. The van der Waals surface area contributed by atoms with Crippen LogP contribution in [-0.2, 0) is 14.6 Å². The lowest BCUT2D eigenvalue weighted by molar-refractivity contribution is -0.139. The van der Waals surface area contributed by atoms with Gasteiger partial charge in [0.2, 0.25) is 0 Å². The summed E-state index contributed by atoms with van der Waals surface area (Å²) in [6.45, 7) is 1.86. The Morgan fingerprint density at radius 3 is 2.44 bits per heavy atom. The van der Waals surface area contributed by atoms with E-state index >= 15 is 0 Å². The number of aryl methyl sites for hydroxylation is 1. The molecule has 5 heteroatoms. The van der Waals surface area contributed by atoms with Crippen LogP contribution in [0.2, 0.25) is 0 Å². The van der Waals surface area contributed by atoms with Crippen molar-refractivity contribution in [1.29, 1.82) is 0 Å². The number of carboxylic acid groups (broad SMARTS) is 1. The fourth-order valence-corrected chi connectivity index (χ4v) is 2.63. The van der Waals surface area contributed by atoms with Crippen molar-refractivity contribution in [2.75, 3.05) is 12.0 Å². The maximum Gasteiger partial charge on any atom is 0.310 e. The molecule has 0 fully saturated rings. The highest BCUT2D eigenvalue weighted by molar-refractivity contribution is 7.90. The van der Waals surface area contributed by atoms with Gasteiger partial charge in [0.15, 0.2) is 0 Å². The Morgan fingerprint density at radius 2 is 1.94 bits per heavy atom. The van der Waals surface area contributed by atoms with E-state index in [-0.39, 0.29) is 5.75 Å². The number of benzene rings is 1. The molecule has 0 amide bonds. The van der Waals surface area contributed by atoms with Crippen molar-refractivity contribution in [3.8, 4) is 0 Å². The van der Waals surface area contributed by atoms with E-state index in [0.717, 1.165) is 17.4 Å². The summed E-state index contributed by atoms with van der Waals surface area (Å²) in [7, 11) is -3.03. The van der Waals surface area contributed by atoms with E-state index < -0.39 is 21.7 Å². The molecule has 18 heavy (non-hydrogen) atoms. The van der Waals surface area contributed by atoms with Gasteiger partial charge < -0.3 is 5.11 Å². The Bertz CT molecular complexity index is 520. The molecule has 1 unspecified atom stereocenters. The van der Waals surface area contributed by atoms with Crippen molar-refractivity contribution < 1.29 is 18.3 Å². The molecule has 0 saturated carbocycles. The van der Waals surface area contributed by atoms with E-state index in [1.807, 2.05) is 19.1 Å². The smallest absolute Gasteiger partial charge is 0.310 e. The summed E-state index contributed by atoms with van der Waals surface area (Å²) in [6, 6.07) is 7.31. The van der Waals surface area contributed by atoms with Gasteiger partial charge in [0.25, 0.3) is 0 Å². The molecular formula is C13H18O4S. The first-order valence-corrected chi connectivity index (χ1v) is 7.83. The SMILES string of the molecule is Cc1ccccc1C(CCCS(C)(=O)=O)C(=O)O. The first kappa shape index (κ1) is 14.7. The van der Waals surface area contributed by atoms with Crippen LogP contribution in [0.3, 0.4) is 0 Å². The molecule has 1 rings (SSSR count). The van der Waals surface area contributed by atoms with Crippen LogP contribution in [-0.4, -0.2) is 31.5 Å². The lowest BCUT2D eigenvalue weighted by atomic mass is 9.91. The van der Waals surface area contributed by atoms with E-state index in [0.29, 0.717) is 12.8 Å². The Labute approximate surface area is 108 Å². The molecule has 0 heterocycles. The maximum absolute atomic E-state index is 11.3. The van der Waals surface area contributed by atoms with Crippen LogP contribution in [0.4, 0.5) is 0 Å². The molecule has 0 radical (unpaired) electrons. The molecule has 0 spiro atoms. The van der Waals surface area contributed by atoms with E-state index in [2.05, 4.69) is 0 Å². The standard InChI is InChI=1S/C13H18O4S/c1-10-6-3-4-7-11(10)12(13(14)15)8-5-9-18(2,16)17/h3-4,6-7,12H,5,8-9H2,1-2H3,(H,14,15). The Kier molecular flexibility index (Phi) is 4.90. The number of sulfone groups is 1. The third-order valence-corrected chi connectivity index (χ3v) is 3.90. The van der Waals surface area contributed by atoms with Crippen molar-refractivity contribution in [3.05, 3.63) is 35.4 Å². The predicted octanol–water partition coefficient (Wildman–Crippen LogP) is 1.99. The van der Waals surface area contributed by atoms with Gasteiger partial charge in [0, 0.05) is 12.0 Å². The minimum Gasteiger partial charge on any atom is -0.481 e. The molecule has 0 saturated heterocycles. The van der Waals surface area contributed by atoms with Crippen LogP contribution in [0.5, 0.6) is 0 Å². The van der Waals surface area contributed by atoms with Crippen LogP contribution in [0.1, 0.15) is 29.9 Å². The first-order valence-electron chi connectivity index (χ1n) is 5.77. The second-order valence-electron chi connectivity index (χ2n) is 4.52. The molecule has 1 N–H and O–H groups in total. The molecule has 0 aliphatic heterocycles. The van der Waals surface area contributed by atoms with Crippen molar-refractivity contribution in [1.82, 2.24) is 0 Å². The van der Waals surface area contributed by atoms with E-state index in [1.54, 1.807) is 12.1 Å².